The van der Waals surface area contributed by atoms with Gasteiger partial charge in [0, 0.05) is 51.7 Å². The molecule has 1 saturated heterocycles. The van der Waals surface area contributed by atoms with Crippen LogP contribution in [0.1, 0.15) is 25.3 Å². The summed E-state index contributed by atoms with van der Waals surface area (Å²) in [6.45, 7) is 7.83. The second kappa shape index (κ2) is 10.3. The summed E-state index contributed by atoms with van der Waals surface area (Å²) in [5.74, 6) is 1.45. The number of rotatable bonds is 9. The lowest BCUT2D eigenvalue weighted by molar-refractivity contribution is 0.0888. The van der Waals surface area contributed by atoms with Crippen molar-refractivity contribution < 1.29 is 9.47 Å². The Bertz CT molecular complexity index is 467. The predicted octanol–water partition coefficient (Wildman–Crippen LogP) is 1.52. The minimum absolute atomic E-state index is 0.590. The third kappa shape index (κ3) is 7.05. The average Bonchev–Trinajstić information content (AvgIpc) is 3.19. The molecule has 0 saturated carbocycles. The van der Waals surface area contributed by atoms with Gasteiger partial charge in [-0.2, -0.15) is 0 Å². The maximum Gasteiger partial charge on any atom is 0.191 e. The number of aryl methyl sites for hydroxylation is 1. The number of hydrogen-bond donors (Lipinski definition) is 2. The maximum atomic E-state index is 5.71. The molecule has 2 rings (SSSR count). The topological polar surface area (TPSA) is 59.8 Å². The monoisotopic (exact) mass is 322 g/mol. The van der Waals surface area contributed by atoms with E-state index in [1.54, 1.807) is 0 Å². The molecule has 6 nitrogen and oxygen atoms in total. The molecule has 1 atom stereocenters. The van der Waals surface area contributed by atoms with Crippen LogP contribution in [0.4, 0.5) is 0 Å². The predicted molar refractivity (Wildman–Crippen MR) is 92.6 cm³/mol. The summed E-state index contributed by atoms with van der Waals surface area (Å²) >= 11 is 0. The molecule has 2 N–H and O–H groups in total. The van der Waals surface area contributed by atoms with Gasteiger partial charge in [0.2, 0.25) is 0 Å². The van der Waals surface area contributed by atoms with E-state index in [9.17, 15) is 0 Å². The summed E-state index contributed by atoms with van der Waals surface area (Å²) in [6, 6.07) is 2.09. The third-order valence-electron chi connectivity index (χ3n) is 3.79. The van der Waals surface area contributed by atoms with Gasteiger partial charge in [-0.05, 0) is 31.4 Å². The van der Waals surface area contributed by atoms with Crippen molar-refractivity contribution in [3.63, 3.8) is 0 Å². The lowest BCUT2D eigenvalue weighted by atomic mass is 10.1. The molecule has 2 heterocycles. The first-order chi connectivity index (χ1) is 11.3. The fourth-order valence-corrected chi connectivity index (χ4v) is 2.51. The summed E-state index contributed by atoms with van der Waals surface area (Å²) in [5, 5.41) is 6.62. The van der Waals surface area contributed by atoms with Crippen LogP contribution in [0.2, 0.25) is 0 Å². The van der Waals surface area contributed by atoms with Crippen LogP contribution in [-0.4, -0.2) is 50.0 Å². The molecule has 23 heavy (non-hydrogen) atoms. The summed E-state index contributed by atoms with van der Waals surface area (Å²) in [7, 11) is 2.02. The van der Waals surface area contributed by atoms with Gasteiger partial charge in [-0.25, -0.2) is 4.99 Å². The second-order valence-corrected chi connectivity index (χ2v) is 5.97. The van der Waals surface area contributed by atoms with Crippen LogP contribution in [0.3, 0.4) is 0 Å². The number of aliphatic imine (C=N–C) groups is 1. The first kappa shape index (κ1) is 17.8. The highest BCUT2D eigenvalue weighted by molar-refractivity contribution is 5.79. The Morgan fingerprint density at radius 3 is 3.09 bits per heavy atom. The van der Waals surface area contributed by atoms with Crippen LogP contribution in [-0.2, 0) is 23.1 Å². The van der Waals surface area contributed by atoms with Crippen molar-refractivity contribution in [2.45, 2.75) is 26.3 Å². The van der Waals surface area contributed by atoms with Gasteiger partial charge in [-0.1, -0.05) is 0 Å². The Kier molecular flexibility index (Phi) is 7.97. The van der Waals surface area contributed by atoms with E-state index >= 15 is 0 Å². The quantitative estimate of drug-likeness (QED) is 0.411. The van der Waals surface area contributed by atoms with E-state index in [0.29, 0.717) is 12.5 Å². The standard InChI is InChI=1S/C17H30N4O2/c1-3-18-17(20-11-15-5-8-21(2)12-15)19-7-4-9-22-13-16-6-10-23-14-16/h5,8,12,16H,3-4,6-7,9-11,13-14H2,1-2H3,(H2,18,19,20). The van der Waals surface area contributed by atoms with E-state index in [-0.39, 0.29) is 0 Å². The number of nitrogens with zero attached hydrogens (tertiary/aromatic N) is 2. The Hall–Kier alpha value is -1.53. The van der Waals surface area contributed by atoms with Gasteiger partial charge in [-0.3, -0.25) is 0 Å². The molecule has 1 unspecified atom stereocenters. The fourth-order valence-electron chi connectivity index (χ4n) is 2.51. The molecule has 1 aliphatic heterocycles. The smallest absolute Gasteiger partial charge is 0.191 e. The molecular formula is C17H30N4O2. The van der Waals surface area contributed by atoms with Crippen molar-refractivity contribution in [3.8, 4) is 0 Å². The Labute approximate surface area is 139 Å². The maximum absolute atomic E-state index is 5.71. The SMILES string of the molecule is CCNC(=NCc1ccn(C)c1)NCCCOCC1CCOC1. The number of guanidine groups is 1. The number of aromatic nitrogens is 1. The van der Waals surface area contributed by atoms with E-state index in [0.717, 1.165) is 58.3 Å². The molecule has 1 aromatic heterocycles. The van der Waals surface area contributed by atoms with Crippen LogP contribution < -0.4 is 10.6 Å². The van der Waals surface area contributed by atoms with Gasteiger partial charge in [0.15, 0.2) is 5.96 Å². The van der Waals surface area contributed by atoms with Crippen molar-refractivity contribution in [3.05, 3.63) is 24.0 Å². The van der Waals surface area contributed by atoms with Crippen LogP contribution in [0.5, 0.6) is 0 Å². The summed E-state index contributed by atoms with van der Waals surface area (Å²) in [4.78, 5) is 4.60. The minimum Gasteiger partial charge on any atom is -0.381 e. The van der Waals surface area contributed by atoms with Crippen molar-refractivity contribution in [2.75, 3.05) is 39.5 Å². The molecule has 0 amide bonds. The highest BCUT2D eigenvalue weighted by Gasteiger charge is 2.15. The zero-order chi connectivity index (χ0) is 16.3. The van der Waals surface area contributed by atoms with Gasteiger partial charge in [0.05, 0.1) is 19.8 Å². The number of ether oxygens (including phenoxy) is 2. The number of hydrogen-bond acceptors (Lipinski definition) is 3. The molecule has 1 aromatic rings. The van der Waals surface area contributed by atoms with Gasteiger partial charge >= 0.3 is 0 Å². The Balaban J connectivity index is 1.59. The van der Waals surface area contributed by atoms with Gasteiger partial charge in [-0.15, -0.1) is 0 Å². The first-order valence-corrected chi connectivity index (χ1v) is 8.56. The van der Waals surface area contributed by atoms with Crippen molar-refractivity contribution in [1.29, 1.82) is 0 Å². The lowest BCUT2D eigenvalue weighted by Crippen LogP contribution is -2.38. The molecule has 1 fully saturated rings. The van der Waals surface area contributed by atoms with Crippen LogP contribution >= 0.6 is 0 Å². The second-order valence-electron chi connectivity index (χ2n) is 5.97. The molecule has 0 aromatic carbocycles. The summed E-state index contributed by atoms with van der Waals surface area (Å²) in [6.07, 6.45) is 6.24. The molecular weight excluding hydrogens is 292 g/mol. The molecule has 0 radical (unpaired) electrons. The third-order valence-corrected chi connectivity index (χ3v) is 3.79. The van der Waals surface area contributed by atoms with Crippen LogP contribution in [0, 0.1) is 5.92 Å². The molecule has 0 bridgehead atoms. The van der Waals surface area contributed by atoms with Gasteiger partial charge in [0.1, 0.15) is 0 Å². The Morgan fingerprint density at radius 1 is 1.48 bits per heavy atom. The highest BCUT2D eigenvalue weighted by Crippen LogP contribution is 2.12. The Morgan fingerprint density at radius 2 is 2.39 bits per heavy atom. The summed E-state index contributed by atoms with van der Waals surface area (Å²) in [5.41, 5.74) is 1.21. The average molecular weight is 322 g/mol. The highest BCUT2D eigenvalue weighted by atomic mass is 16.5. The fraction of sp³-hybridized carbons (Fsp3) is 0.706. The molecule has 0 aliphatic carbocycles. The van der Waals surface area contributed by atoms with E-state index in [4.69, 9.17) is 9.47 Å². The van der Waals surface area contributed by atoms with E-state index < -0.39 is 0 Å². The minimum atomic E-state index is 0.590. The molecule has 6 heteroatoms. The van der Waals surface area contributed by atoms with Crippen molar-refractivity contribution >= 4 is 5.96 Å². The van der Waals surface area contributed by atoms with Crippen molar-refractivity contribution in [1.82, 2.24) is 15.2 Å². The molecule has 1 aliphatic rings. The molecule has 130 valence electrons. The zero-order valence-corrected chi connectivity index (χ0v) is 14.4. The van der Waals surface area contributed by atoms with Crippen molar-refractivity contribution in [2.24, 2.45) is 18.0 Å². The van der Waals surface area contributed by atoms with Gasteiger partial charge < -0.3 is 24.7 Å². The largest absolute Gasteiger partial charge is 0.381 e. The summed E-state index contributed by atoms with van der Waals surface area (Å²) < 4.78 is 13.1. The van der Waals surface area contributed by atoms with Crippen LogP contribution in [0.25, 0.3) is 0 Å². The zero-order valence-electron chi connectivity index (χ0n) is 14.4. The van der Waals surface area contributed by atoms with E-state index in [2.05, 4.69) is 34.8 Å². The first-order valence-electron chi connectivity index (χ1n) is 8.56. The number of nitrogens with one attached hydrogen (secondary N) is 2. The molecule has 0 spiro atoms. The van der Waals surface area contributed by atoms with E-state index in [1.165, 1.54) is 5.56 Å². The normalized spacial score (nSPS) is 18.3. The van der Waals surface area contributed by atoms with Gasteiger partial charge in [0.25, 0.3) is 0 Å². The van der Waals surface area contributed by atoms with E-state index in [1.807, 2.05) is 17.8 Å². The van der Waals surface area contributed by atoms with Crippen LogP contribution in [0.15, 0.2) is 23.5 Å². The lowest BCUT2D eigenvalue weighted by Gasteiger charge is -2.12.